The number of amides is 1. The number of rotatable bonds is 10. The zero-order chi connectivity index (χ0) is 25.4. The lowest BCUT2D eigenvalue weighted by Crippen LogP contribution is -2.16. The molecular weight excluding hydrogens is 438 g/mol. The molecule has 2 aromatic rings. The highest BCUT2D eigenvalue weighted by molar-refractivity contribution is 6.12. The van der Waals surface area contributed by atoms with E-state index in [4.69, 9.17) is 14.3 Å². The van der Waals surface area contributed by atoms with E-state index in [2.05, 4.69) is 5.32 Å². The van der Waals surface area contributed by atoms with Gasteiger partial charge in [0.15, 0.2) is 5.78 Å². The van der Waals surface area contributed by atoms with Crippen molar-refractivity contribution in [1.29, 1.82) is 0 Å². The minimum atomic E-state index is -1.16. The molecule has 0 bridgehead atoms. The van der Waals surface area contributed by atoms with Crippen LogP contribution < -0.4 is 15.7 Å². The molecule has 1 heterocycles. The molecule has 8 nitrogen and oxygen atoms in total. The summed E-state index contributed by atoms with van der Waals surface area (Å²) in [4.78, 5) is 35.9. The number of carbonyl (C=O) groups excluding carboxylic acids is 1. The number of carbonyl (C=O) groups is 2. The Morgan fingerprint density at radius 1 is 1.21 bits per heavy atom. The van der Waals surface area contributed by atoms with Crippen LogP contribution in [-0.4, -0.2) is 28.2 Å². The lowest BCUT2D eigenvalue weighted by Gasteiger charge is -2.12. The number of carboxylic acid groups (broad SMARTS) is 1. The van der Waals surface area contributed by atoms with Crippen molar-refractivity contribution >= 4 is 18.0 Å². The Labute approximate surface area is 198 Å². The summed E-state index contributed by atoms with van der Waals surface area (Å²) in [5, 5.41) is 21.1. The van der Waals surface area contributed by atoms with Crippen LogP contribution in [0.4, 0.5) is 4.79 Å². The average molecular weight is 470 g/mol. The third kappa shape index (κ3) is 7.37. The van der Waals surface area contributed by atoms with Crippen molar-refractivity contribution in [3.8, 4) is 11.5 Å². The first-order chi connectivity index (χ1) is 16.0. The highest BCUT2D eigenvalue weighted by atomic mass is 16.5. The molecule has 0 aliphatic rings. The third-order valence-corrected chi connectivity index (χ3v) is 5.10. The molecule has 0 fully saturated rings. The van der Waals surface area contributed by atoms with Gasteiger partial charge in [-0.15, -0.1) is 0 Å². The molecule has 182 valence electrons. The average Bonchev–Trinajstić information content (AvgIpc) is 2.73. The highest BCUT2D eigenvalue weighted by Crippen LogP contribution is 2.27. The van der Waals surface area contributed by atoms with E-state index in [1.807, 2.05) is 39.0 Å². The minimum absolute atomic E-state index is 0.0439. The Morgan fingerprint density at radius 2 is 1.91 bits per heavy atom. The molecule has 8 heteroatoms. The Kier molecular flexibility index (Phi) is 9.24. The number of allylic oxidation sites excluding steroid dienone is 2. The number of ether oxygens (including phenoxy) is 1. The van der Waals surface area contributed by atoms with E-state index in [1.165, 1.54) is 12.3 Å². The van der Waals surface area contributed by atoms with Crippen LogP contribution in [0.2, 0.25) is 0 Å². The van der Waals surface area contributed by atoms with Crippen molar-refractivity contribution in [3.63, 3.8) is 0 Å². The second-order valence-corrected chi connectivity index (χ2v) is 8.37. The van der Waals surface area contributed by atoms with Gasteiger partial charge < -0.3 is 19.4 Å². The van der Waals surface area contributed by atoms with Crippen LogP contribution >= 0.6 is 0 Å². The quantitative estimate of drug-likeness (QED) is 0.314. The largest absolute Gasteiger partial charge is 0.507 e. The van der Waals surface area contributed by atoms with Gasteiger partial charge in [-0.2, -0.15) is 0 Å². The fourth-order valence-corrected chi connectivity index (χ4v) is 3.30. The fourth-order valence-electron chi connectivity index (χ4n) is 3.30. The second kappa shape index (κ2) is 11.9. The Balaban J connectivity index is 2.19. The molecule has 0 spiro atoms. The maximum absolute atomic E-state index is 12.9. The van der Waals surface area contributed by atoms with Crippen LogP contribution in [0.15, 0.2) is 51.3 Å². The summed E-state index contributed by atoms with van der Waals surface area (Å²) in [6.07, 6.45) is 4.56. The summed E-state index contributed by atoms with van der Waals surface area (Å²) in [6.45, 7) is 9.15. The molecule has 1 atom stereocenters. The molecule has 34 heavy (non-hydrogen) atoms. The van der Waals surface area contributed by atoms with E-state index >= 15 is 0 Å². The summed E-state index contributed by atoms with van der Waals surface area (Å²) < 4.78 is 11.0. The first-order valence-electron chi connectivity index (χ1n) is 11.0. The molecule has 0 aliphatic carbocycles. The van der Waals surface area contributed by atoms with Crippen LogP contribution in [0.5, 0.6) is 11.5 Å². The molecule has 1 aromatic heterocycles. The van der Waals surface area contributed by atoms with Crippen molar-refractivity contribution in [1.82, 2.24) is 5.32 Å². The lowest BCUT2D eigenvalue weighted by molar-refractivity contribution is 0.102. The number of hydrogen-bond acceptors (Lipinski definition) is 6. The zero-order valence-electron chi connectivity index (χ0n) is 20.0. The number of aromatic hydroxyl groups is 1. The highest BCUT2D eigenvalue weighted by Gasteiger charge is 2.22. The molecule has 1 unspecified atom stereocenters. The van der Waals surface area contributed by atoms with Crippen LogP contribution in [0.25, 0.3) is 6.08 Å². The summed E-state index contributed by atoms with van der Waals surface area (Å²) in [5.74, 6) is -0.309. The van der Waals surface area contributed by atoms with Crippen LogP contribution in [-0.2, 0) is 0 Å². The normalized spacial score (nSPS) is 12.7. The van der Waals surface area contributed by atoms with E-state index in [1.54, 1.807) is 26.0 Å². The van der Waals surface area contributed by atoms with Crippen molar-refractivity contribution in [3.05, 3.63) is 75.0 Å². The fraction of sp³-hybridized carbons (Fsp3) is 0.346. The summed E-state index contributed by atoms with van der Waals surface area (Å²) in [6, 6.07) is 6.80. The van der Waals surface area contributed by atoms with E-state index in [9.17, 15) is 19.5 Å². The summed E-state index contributed by atoms with van der Waals surface area (Å²) in [5.41, 5.74) is 0.660. The number of Topliss-reactive ketones (excluding diaryl/α,β-unsaturated/α-hetero) is 1. The lowest BCUT2D eigenvalue weighted by atomic mass is 9.98. The molecule has 3 N–H and O–H groups in total. The maximum atomic E-state index is 12.9. The number of benzene rings is 1. The first-order valence-corrected chi connectivity index (χ1v) is 11.0. The SMILES string of the molecule is CC(=Cc1ccc(OC(C)C)cc1C)C(=O)c1c(O)cc(C(C)CCC=CNC(=O)O)oc1=O. The number of ketones is 1. The van der Waals surface area contributed by atoms with Gasteiger partial charge in [0.2, 0.25) is 0 Å². The Bertz CT molecular complexity index is 1160. The third-order valence-electron chi connectivity index (χ3n) is 5.10. The smallest absolute Gasteiger partial charge is 0.408 e. The zero-order valence-corrected chi connectivity index (χ0v) is 20.0. The first kappa shape index (κ1) is 26.4. The predicted octanol–water partition coefficient (Wildman–Crippen LogP) is 5.39. The van der Waals surface area contributed by atoms with E-state index < -0.39 is 28.8 Å². The molecule has 0 saturated heterocycles. The van der Waals surface area contributed by atoms with Gasteiger partial charge in [-0.05, 0) is 75.4 Å². The molecule has 0 aliphatic heterocycles. The molecule has 1 aromatic carbocycles. The molecular formula is C26H31NO7. The van der Waals surface area contributed by atoms with Gasteiger partial charge in [-0.25, -0.2) is 9.59 Å². The Morgan fingerprint density at radius 3 is 2.50 bits per heavy atom. The molecule has 1 amide bonds. The molecule has 0 radical (unpaired) electrons. The number of hydrogen-bond donors (Lipinski definition) is 3. The van der Waals surface area contributed by atoms with Gasteiger partial charge in [-0.1, -0.05) is 19.1 Å². The van der Waals surface area contributed by atoms with Crippen LogP contribution in [0.3, 0.4) is 0 Å². The van der Waals surface area contributed by atoms with Crippen molar-refractivity contribution in [2.45, 2.75) is 59.5 Å². The maximum Gasteiger partial charge on any atom is 0.408 e. The second-order valence-electron chi connectivity index (χ2n) is 8.37. The van der Waals surface area contributed by atoms with Gasteiger partial charge >= 0.3 is 11.7 Å². The number of nitrogens with one attached hydrogen (secondary N) is 1. The van der Waals surface area contributed by atoms with Crippen molar-refractivity contribution in [2.75, 3.05) is 0 Å². The summed E-state index contributed by atoms with van der Waals surface area (Å²) in [7, 11) is 0. The molecule has 2 rings (SSSR count). The van der Waals surface area contributed by atoms with Crippen molar-refractivity contribution in [2.24, 2.45) is 0 Å². The van der Waals surface area contributed by atoms with Gasteiger partial charge in [0.05, 0.1) is 6.10 Å². The van der Waals surface area contributed by atoms with Gasteiger partial charge in [0, 0.05) is 18.2 Å². The number of aryl methyl sites for hydroxylation is 1. The topological polar surface area (TPSA) is 126 Å². The predicted molar refractivity (Wildman–Crippen MR) is 130 cm³/mol. The van der Waals surface area contributed by atoms with Crippen molar-refractivity contribution < 1.29 is 29.0 Å². The summed E-state index contributed by atoms with van der Waals surface area (Å²) >= 11 is 0. The van der Waals surface area contributed by atoms with E-state index in [0.29, 0.717) is 12.8 Å². The molecule has 0 saturated carbocycles. The van der Waals surface area contributed by atoms with Gasteiger partial charge in [0.1, 0.15) is 22.8 Å². The van der Waals surface area contributed by atoms with Crippen LogP contribution in [0, 0.1) is 6.92 Å². The monoisotopic (exact) mass is 469 g/mol. The standard InChI is InChI=1S/C26H31NO7/c1-15(2)33-20-10-9-19(17(4)13-20)12-18(5)24(29)23-21(28)14-22(34-25(23)30)16(3)8-6-7-11-27-26(31)32/h7,9-16,27-28H,6,8H2,1-5H3,(H,31,32). The van der Waals surface area contributed by atoms with Gasteiger partial charge in [-0.3, -0.25) is 10.1 Å². The minimum Gasteiger partial charge on any atom is -0.507 e. The van der Waals surface area contributed by atoms with Gasteiger partial charge in [0.25, 0.3) is 0 Å². The Hall–Kier alpha value is -3.81. The van der Waals surface area contributed by atoms with Crippen LogP contribution in [0.1, 0.15) is 73.7 Å². The van der Waals surface area contributed by atoms with E-state index in [-0.39, 0.29) is 23.4 Å². The van der Waals surface area contributed by atoms with E-state index in [0.717, 1.165) is 16.9 Å².